The summed E-state index contributed by atoms with van der Waals surface area (Å²) < 4.78 is 18.5. The Labute approximate surface area is 107 Å². The average Bonchev–Trinajstić information content (AvgIpc) is 2.40. The van der Waals surface area contributed by atoms with Crippen molar-refractivity contribution >= 4 is 0 Å². The summed E-state index contributed by atoms with van der Waals surface area (Å²) in [6, 6.07) is 16.7. The predicted molar refractivity (Wildman–Crippen MR) is 70.8 cm³/mol. The SMILES string of the molecule is C[C@@H](Cc1ccc(F)cc1)OCc1ccccc1. The fourth-order valence-electron chi connectivity index (χ4n) is 1.82. The monoisotopic (exact) mass is 244 g/mol. The van der Waals surface area contributed by atoms with E-state index in [1.54, 1.807) is 12.1 Å². The summed E-state index contributed by atoms with van der Waals surface area (Å²) in [6.45, 7) is 2.65. The quantitative estimate of drug-likeness (QED) is 0.773. The molecule has 1 atom stereocenters. The lowest BCUT2D eigenvalue weighted by Crippen LogP contribution is -2.11. The van der Waals surface area contributed by atoms with Crippen LogP contribution in [0.3, 0.4) is 0 Å². The van der Waals surface area contributed by atoms with Crippen LogP contribution in [0, 0.1) is 5.82 Å². The Morgan fingerprint density at radius 3 is 2.28 bits per heavy atom. The van der Waals surface area contributed by atoms with E-state index >= 15 is 0 Å². The molecule has 0 heterocycles. The van der Waals surface area contributed by atoms with Gasteiger partial charge in [-0.1, -0.05) is 42.5 Å². The predicted octanol–water partition coefficient (Wildman–Crippen LogP) is 3.97. The topological polar surface area (TPSA) is 9.23 Å². The van der Waals surface area contributed by atoms with E-state index in [1.165, 1.54) is 17.7 Å². The summed E-state index contributed by atoms with van der Waals surface area (Å²) in [7, 11) is 0. The van der Waals surface area contributed by atoms with Gasteiger partial charge in [-0.3, -0.25) is 0 Å². The molecule has 1 nitrogen and oxygen atoms in total. The van der Waals surface area contributed by atoms with Crippen molar-refractivity contribution in [2.24, 2.45) is 0 Å². The van der Waals surface area contributed by atoms with Gasteiger partial charge in [-0.05, 0) is 36.6 Å². The van der Waals surface area contributed by atoms with Crippen LogP contribution in [0.5, 0.6) is 0 Å². The highest BCUT2D eigenvalue weighted by molar-refractivity contribution is 5.17. The molecule has 0 aliphatic rings. The zero-order valence-corrected chi connectivity index (χ0v) is 10.5. The molecule has 0 aliphatic heterocycles. The van der Waals surface area contributed by atoms with Gasteiger partial charge in [-0.25, -0.2) is 4.39 Å². The van der Waals surface area contributed by atoms with Crippen LogP contribution >= 0.6 is 0 Å². The molecular formula is C16H17FO. The minimum atomic E-state index is -0.198. The van der Waals surface area contributed by atoms with Crippen molar-refractivity contribution in [3.05, 3.63) is 71.5 Å². The molecule has 0 saturated heterocycles. The van der Waals surface area contributed by atoms with Crippen LogP contribution in [-0.4, -0.2) is 6.10 Å². The average molecular weight is 244 g/mol. The Kier molecular flexibility index (Phi) is 4.48. The van der Waals surface area contributed by atoms with Gasteiger partial charge in [0.05, 0.1) is 12.7 Å². The van der Waals surface area contributed by atoms with Gasteiger partial charge >= 0.3 is 0 Å². The van der Waals surface area contributed by atoms with Crippen LogP contribution in [0.15, 0.2) is 54.6 Å². The molecule has 0 bridgehead atoms. The third-order valence-corrected chi connectivity index (χ3v) is 2.81. The lowest BCUT2D eigenvalue weighted by Gasteiger charge is -2.13. The molecule has 2 aromatic carbocycles. The second kappa shape index (κ2) is 6.31. The van der Waals surface area contributed by atoms with Crippen molar-refractivity contribution in [2.75, 3.05) is 0 Å². The Hall–Kier alpha value is -1.67. The summed E-state index contributed by atoms with van der Waals surface area (Å²) in [6.07, 6.45) is 0.920. The van der Waals surface area contributed by atoms with Gasteiger partial charge in [-0.2, -0.15) is 0 Å². The molecule has 94 valence electrons. The Morgan fingerprint density at radius 1 is 0.944 bits per heavy atom. The second-order valence-corrected chi connectivity index (χ2v) is 4.44. The van der Waals surface area contributed by atoms with Gasteiger partial charge in [0, 0.05) is 0 Å². The minimum absolute atomic E-state index is 0.121. The summed E-state index contributed by atoms with van der Waals surface area (Å²) in [5, 5.41) is 0. The first-order chi connectivity index (χ1) is 8.74. The molecule has 0 fully saturated rings. The van der Waals surface area contributed by atoms with Crippen LogP contribution in [0.25, 0.3) is 0 Å². The maximum atomic E-state index is 12.8. The van der Waals surface area contributed by atoms with Crippen LogP contribution in [-0.2, 0) is 17.8 Å². The van der Waals surface area contributed by atoms with Crippen LogP contribution in [0.1, 0.15) is 18.1 Å². The van der Waals surface area contributed by atoms with E-state index in [9.17, 15) is 4.39 Å². The van der Waals surface area contributed by atoms with Crippen molar-refractivity contribution in [3.8, 4) is 0 Å². The molecule has 0 unspecified atom stereocenters. The first kappa shape index (κ1) is 12.8. The minimum Gasteiger partial charge on any atom is -0.373 e. The van der Waals surface area contributed by atoms with Crippen LogP contribution in [0.4, 0.5) is 4.39 Å². The van der Waals surface area contributed by atoms with Crippen molar-refractivity contribution in [3.63, 3.8) is 0 Å². The molecule has 0 saturated carbocycles. The van der Waals surface area contributed by atoms with Gasteiger partial charge in [0.15, 0.2) is 0 Å². The first-order valence-corrected chi connectivity index (χ1v) is 6.14. The zero-order chi connectivity index (χ0) is 12.8. The van der Waals surface area contributed by atoms with Gasteiger partial charge in [0.2, 0.25) is 0 Å². The molecule has 0 aliphatic carbocycles. The highest BCUT2D eigenvalue weighted by atomic mass is 19.1. The zero-order valence-electron chi connectivity index (χ0n) is 10.5. The number of rotatable bonds is 5. The Bertz CT molecular complexity index is 464. The highest BCUT2D eigenvalue weighted by Gasteiger charge is 2.04. The molecule has 2 rings (SSSR count). The van der Waals surface area contributed by atoms with Crippen LogP contribution < -0.4 is 0 Å². The second-order valence-electron chi connectivity index (χ2n) is 4.44. The molecule has 0 N–H and O–H groups in total. The number of ether oxygens (including phenoxy) is 1. The maximum absolute atomic E-state index is 12.8. The van der Waals surface area contributed by atoms with Crippen LogP contribution in [0.2, 0.25) is 0 Å². The van der Waals surface area contributed by atoms with E-state index in [4.69, 9.17) is 4.74 Å². The molecule has 18 heavy (non-hydrogen) atoms. The first-order valence-electron chi connectivity index (χ1n) is 6.14. The summed E-state index contributed by atoms with van der Waals surface area (Å²) in [5.41, 5.74) is 2.26. The van der Waals surface area contributed by atoms with Gasteiger partial charge in [0.25, 0.3) is 0 Å². The number of benzene rings is 2. The summed E-state index contributed by atoms with van der Waals surface area (Å²) in [5.74, 6) is -0.198. The smallest absolute Gasteiger partial charge is 0.123 e. The molecular weight excluding hydrogens is 227 g/mol. The van der Waals surface area contributed by atoms with Crippen molar-refractivity contribution in [1.29, 1.82) is 0 Å². The van der Waals surface area contributed by atoms with Crippen molar-refractivity contribution in [1.82, 2.24) is 0 Å². The molecule has 2 aromatic rings. The fraction of sp³-hybridized carbons (Fsp3) is 0.250. The molecule has 2 heteroatoms. The third kappa shape index (κ3) is 3.97. The molecule has 0 radical (unpaired) electrons. The largest absolute Gasteiger partial charge is 0.373 e. The number of hydrogen-bond donors (Lipinski definition) is 0. The Morgan fingerprint density at radius 2 is 1.61 bits per heavy atom. The number of halogens is 1. The van der Waals surface area contributed by atoms with Gasteiger partial charge in [-0.15, -0.1) is 0 Å². The lowest BCUT2D eigenvalue weighted by molar-refractivity contribution is 0.0535. The van der Waals surface area contributed by atoms with Crippen molar-refractivity contribution < 1.29 is 9.13 Å². The maximum Gasteiger partial charge on any atom is 0.123 e. The number of hydrogen-bond acceptors (Lipinski definition) is 1. The van der Waals surface area contributed by atoms with Gasteiger partial charge < -0.3 is 4.74 Å². The standard InChI is InChI=1S/C16H17FO/c1-13(11-14-7-9-16(17)10-8-14)18-12-15-5-3-2-4-6-15/h2-10,13H,11-12H2,1H3/t13-/m0/s1. The normalized spacial score (nSPS) is 12.3. The third-order valence-electron chi connectivity index (χ3n) is 2.81. The summed E-state index contributed by atoms with van der Waals surface area (Å²) in [4.78, 5) is 0. The van der Waals surface area contributed by atoms with E-state index in [0.29, 0.717) is 6.61 Å². The van der Waals surface area contributed by atoms with E-state index in [2.05, 4.69) is 0 Å². The van der Waals surface area contributed by atoms with E-state index < -0.39 is 0 Å². The van der Waals surface area contributed by atoms with Gasteiger partial charge in [0.1, 0.15) is 5.82 Å². The van der Waals surface area contributed by atoms with Crippen molar-refractivity contribution in [2.45, 2.75) is 26.1 Å². The van der Waals surface area contributed by atoms with E-state index in [1.807, 2.05) is 37.3 Å². The fourth-order valence-corrected chi connectivity index (χ4v) is 1.82. The molecule has 0 aromatic heterocycles. The van der Waals surface area contributed by atoms with E-state index in [-0.39, 0.29) is 11.9 Å². The summed E-state index contributed by atoms with van der Waals surface area (Å²) >= 11 is 0. The highest BCUT2D eigenvalue weighted by Crippen LogP contribution is 2.10. The lowest BCUT2D eigenvalue weighted by atomic mass is 10.1. The molecule has 0 spiro atoms. The van der Waals surface area contributed by atoms with E-state index in [0.717, 1.165) is 12.0 Å². The Balaban J connectivity index is 1.82. The molecule has 0 amide bonds.